The standard InChI is InChI=1S/C16H22N2O3S/c1-12(19)10-16(2,3)11-18-22(20,21)15-8-4-7-14-13(15)6-5-9-17-14/h4-9,12,18-19H,10-11H2,1-3H3. The normalized spacial score (nSPS) is 14.2. The van der Waals surface area contributed by atoms with Crippen LogP contribution in [0.2, 0.25) is 0 Å². The van der Waals surface area contributed by atoms with Gasteiger partial charge < -0.3 is 5.11 Å². The second-order valence-corrected chi connectivity index (χ2v) is 8.10. The summed E-state index contributed by atoms with van der Waals surface area (Å²) in [6.45, 7) is 5.81. The minimum Gasteiger partial charge on any atom is -0.393 e. The first kappa shape index (κ1) is 16.9. The molecular formula is C16H22N2O3S. The SMILES string of the molecule is CC(O)CC(C)(C)CNS(=O)(=O)c1cccc2ncccc12. The Hall–Kier alpha value is -1.50. The molecule has 6 heteroatoms. The molecule has 1 unspecified atom stereocenters. The summed E-state index contributed by atoms with van der Waals surface area (Å²) >= 11 is 0. The van der Waals surface area contributed by atoms with Gasteiger partial charge in [0.25, 0.3) is 0 Å². The molecule has 0 aliphatic heterocycles. The number of rotatable bonds is 6. The van der Waals surface area contributed by atoms with Crippen LogP contribution in [0.25, 0.3) is 10.9 Å². The average molecular weight is 322 g/mol. The van der Waals surface area contributed by atoms with E-state index in [9.17, 15) is 13.5 Å². The van der Waals surface area contributed by atoms with Crippen molar-refractivity contribution in [2.24, 2.45) is 5.41 Å². The number of nitrogens with zero attached hydrogens (tertiary/aromatic N) is 1. The van der Waals surface area contributed by atoms with Crippen LogP contribution in [0.5, 0.6) is 0 Å². The second-order valence-electron chi connectivity index (χ2n) is 6.37. The van der Waals surface area contributed by atoms with Crippen LogP contribution in [0, 0.1) is 5.41 Å². The molecule has 0 fully saturated rings. The van der Waals surface area contributed by atoms with Crippen molar-refractivity contribution in [3.8, 4) is 0 Å². The summed E-state index contributed by atoms with van der Waals surface area (Å²) in [5, 5.41) is 10.1. The zero-order valence-electron chi connectivity index (χ0n) is 13.1. The second kappa shape index (κ2) is 6.32. The lowest BCUT2D eigenvalue weighted by Gasteiger charge is -2.26. The van der Waals surface area contributed by atoms with Crippen molar-refractivity contribution in [2.45, 2.75) is 38.2 Å². The molecule has 120 valence electrons. The highest BCUT2D eigenvalue weighted by atomic mass is 32.2. The number of fused-ring (bicyclic) bond motifs is 1. The molecular weight excluding hydrogens is 300 g/mol. The fourth-order valence-corrected chi connectivity index (χ4v) is 4.01. The third-order valence-electron chi connectivity index (χ3n) is 3.48. The number of pyridine rings is 1. The van der Waals surface area contributed by atoms with E-state index < -0.39 is 16.1 Å². The number of hydrogen-bond acceptors (Lipinski definition) is 4. The van der Waals surface area contributed by atoms with Crippen molar-refractivity contribution in [2.75, 3.05) is 6.54 Å². The maximum Gasteiger partial charge on any atom is 0.241 e. The molecule has 2 N–H and O–H groups in total. The molecule has 0 aliphatic rings. The molecule has 1 aromatic carbocycles. The average Bonchev–Trinajstić information content (AvgIpc) is 2.43. The van der Waals surface area contributed by atoms with E-state index in [4.69, 9.17) is 0 Å². The van der Waals surface area contributed by atoms with Crippen LogP contribution < -0.4 is 4.72 Å². The monoisotopic (exact) mass is 322 g/mol. The van der Waals surface area contributed by atoms with Gasteiger partial charge in [-0.05, 0) is 43.0 Å². The summed E-state index contributed by atoms with van der Waals surface area (Å²) in [5.41, 5.74) is 0.318. The van der Waals surface area contributed by atoms with E-state index in [1.807, 2.05) is 13.8 Å². The van der Waals surface area contributed by atoms with Crippen LogP contribution in [0.3, 0.4) is 0 Å². The van der Waals surface area contributed by atoms with Gasteiger partial charge in [0.15, 0.2) is 0 Å². The van der Waals surface area contributed by atoms with E-state index in [2.05, 4.69) is 9.71 Å². The van der Waals surface area contributed by atoms with Crippen LogP contribution in [0.1, 0.15) is 27.2 Å². The van der Waals surface area contributed by atoms with E-state index >= 15 is 0 Å². The molecule has 0 aliphatic carbocycles. The topological polar surface area (TPSA) is 79.3 Å². The number of nitrogens with one attached hydrogen (secondary N) is 1. The van der Waals surface area contributed by atoms with E-state index in [1.54, 1.807) is 43.5 Å². The van der Waals surface area contributed by atoms with E-state index in [-0.39, 0.29) is 16.9 Å². The summed E-state index contributed by atoms with van der Waals surface area (Å²) in [7, 11) is -3.63. The Labute approximate surface area is 131 Å². The number of aliphatic hydroxyl groups excluding tert-OH is 1. The molecule has 0 bridgehead atoms. The molecule has 5 nitrogen and oxygen atoms in total. The van der Waals surface area contributed by atoms with Crippen molar-refractivity contribution >= 4 is 20.9 Å². The third-order valence-corrected chi connectivity index (χ3v) is 4.94. The van der Waals surface area contributed by atoms with Gasteiger partial charge in [-0.1, -0.05) is 19.9 Å². The van der Waals surface area contributed by atoms with Gasteiger partial charge in [0, 0.05) is 18.1 Å². The predicted molar refractivity (Wildman–Crippen MR) is 87.0 cm³/mol. The van der Waals surface area contributed by atoms with Crippen molar-refractivity contribution in [3.05, 3.63) is 36.5 Å². The Kier molecular flexibility index (Phi) is 4.84. The molecule has 1 heterocycles. The van der Waals surface area contributed by atoms with Gasteiger partial charge in [0.1, 0.15) is 0 Å². The summed E-state index contributed by atoms with van der Waals surface area (Å²) in [4.78, 5) is 4.41. The lowest BCUT2D eigenvalue weighted by Crippen LogP contribution is -2.35. The van der Waals surface area contributed by atoms with Gasteiger partial charge in [0.05, 0.1) is 16.5 Å². The third kappa shape index (κ3) is 4.03. The highest BCUT2D eigenvalue weighted by molar-refractivity contribution is 7.89. The van der Waals surface area contributed by atoms with Crippen LogP contribution in [-0.4, -0.2) is 31.2 Å². The van der Waals surface area contributed by atoms with Gasteiger partial charge in [-0.25, -0.2) is 13.1 Å². The smallest absolute Gasteiger partial charge is 0.241 e. The largest absolute Gasteiger partial charge is 0.393 e. The Morgan fingerprint density at radius 1 is 1.27 bits per heavy atom. The maximum absolute atomic E-state index is 12.6. The van der Waals surface area contributed by atoms with Gasteiger partial charge in [-0.2, -0.15) is 0 Å². The Bertz CT molecular complexity index is 750. The molecule has 0 amide bonds. The van der Waals surface area contributed by atoms with Gasteiger partial charge in [0.2, 0.25) is 10.0 Å². The van der Waals surface area contributed by atoms with Crippen LogP contribution in [0.4, 0.5) is 0 Å². The van der Waals surface area contributed by atoms with E-state index in [1.165, 1.54) is 0 Å². The van der Waals surface area contributed by atoms with Crippen molar-refractivity contribution in [1.29, 1.82) is 0 Å². The highest BCUT2D eigenvalue weighted by Gasteiger charge is 2.24. The number of aromatic nitrogens is 1. The van der Waals surface area contributed by atoms with Crippen LogP contribution in [-0.2, 0) is 10.0 Å². The zero-order chi connectivity index (χ0) is 16.4. The first-order valence-electron chi connectivity index (χ1n) is 7.23. The summed E-state index contributed by atoms with van der Waals surface area (Å²) in [6.07, 6.45) is 1.69. The Balaban J connectivity index is 2.27. The molecule has 0 saturated carbocycles. The van der Waals surface area contributed by atoms with Crippen LogP contribution >= 0.6 is 0 Å². The van der Waals surface area contributed by atoms with E-state index in [0.29, 0.717) is 17.3 Å². The Morgan fingerprint density at radius 2 is 2.00 bits per heavy atom. The lowest BCUT2D eigenvalue weighted by atomic mass is 9.87. The lowest BCUT2D eigenvalue weighted by molar-refractivity contribution is 0.131. The Morgan fingerprint density at radius 3 is 2.68 bits per heavy atom. The number of sulfonamides is 1. The predicted octanol–water partition coefficient (Wildman–Crippen LogP) is 2.31. The fourth-order valence-electron chi connectivity index (χ4n) is 2.55. The first-order valence-corrected chi connectivity index (χ1v) is 8.71. The van der Waals surface area contributed by atoms with Crippen molar-refractivity contribution < 1.29 is 13.5 Å². The first-order chi connectivity index (χ1) is 10.2. The minimum atomic E-state index is -3.63. The van der Waals surface area contributed by atoms with Gasteiger partial charge in [-0.3, -0.25) is 4.98 Å². The molecule has 1 aromatic heterocycles. The molecule has 0 saturated heterocycles. The molecule has 0 radical (unpaired) electrons. The van der Waals surface area contributed by atoms with Gasteiger partial charge in [-0.15, -0.1) is 0 Å². The molecule has 22 heavy (non-hydrogen) atoms. The molecule has 2 rings (SSSR count). The van der Waals surface area contributed by atoms with E-state index in [0.717, 1.165) is 0 Å². The van der Waals surface area contributed by atoms with Crippen molar-refractivity contribution in [3.63, 3.8) is 0 Å². The summed E-state index contributed by atoms with van der Waals surface area (Å²) < 4.78 is 27.8. The summed E-state index contributed by atoms with van der Waals surface area (Å²) in [6, 6.07) is 8.52. The number of hydrogen-bond donors (Lipinski definition) is 2. The van der Waals surface area contributed by atoms with Crippen LogP contribution in [0.15, 0.2) is 41.4 Å². The zero-order valence-corrected chi connectivity index (χ0v) is 13.9. The number of benzene rings is 1. The minimum absolute atomic E-state index is 0.228. The number of aliphatic hydroxyl groups is 1. The van der Waals surface area contributed by atoms with Crippen molar-refractivity contribution in [1.82, 2.24) is 9.71 Å². The quantitative estimate of drug-likeness (QED) is 0.855. The van der Waals surface area contributed by atoms with Gasteiger partial charge >= 0.3 is 0 Å². The fraction of sp³-hybridized carbons (Fsp3) is 0.438. The molecule has 2 aromatic rings. The molecule has 1 atom stereocenters. The highest BCUT2D eigenvalue weighted by Crippen LogP contribution is 2.24. The molecule has 0 spiro atoms. The summed E-state index contributed by atoms with van der Waals surface area (Å²) in [5.74, 6) is 0. The maximum atomic E-state index is 12.6.